The largest absolute Gasteiger partial charge is 0.492 e. The Hall–Kier alpha value is -1.44. The number of nitrogens with one attached hydrogen (secondary N) is 2. The number of ether oxygens (including phenoxy) is 2. The lowest BCUT2D eigenvalue weighted by Gasteiger charge is -2.26. The number of nitrogens with zero attached hydrogens (tertiary/aromatic N) is 2. The normalized spacial score (nSPS) is 23.2. The van der Waals surface area contributed by atoms with Gasteiger partial charge in [-0.3, -0.25) is 4.90 Å². The van der Waals surface area contributed by atoms with Crippen LogP contribution in [0.5, 0.6) is 5.75 Å². The molecular weight excluding hydrogens is 384 g/mol. The molecule has 1 aromatic rings. The van der Waals surface area contributed by atoms with E-state index in [1.54, 1.807) is 0 Å². The van der Waals surface area contributed by atoms with Gasteiger partial charge in [0.1, 0.15) is 12.4 Å². The highest BCUT2D eigenvalue weighted by atomic mass is 32.2. The number of hydrogen-bond acceptors (Lipinski definition) is 5. The van der Waals surface area contributed by atoms with Crippen LogP contribution in [0, 0.1) is 0 Å². The third-order valence-corrected chi connectivity index (χ3v) is 6.91. The maximum absolute atomic E-state index is 5.97. The SMILES string of the molecule is CCNC(=NCc1cccc(OCCN2CCOCC2)c1)NCC1(C)CCCS1. The molecule has 0 spiro atoms. The van der Waals surface area contributed by atoms with Crippen molar-refractivity contribution in [1.29, 1.82) is 0 Å². The fourth-order valence-electron chi connectivity index (χ4n) is 3.61. The molecule has 0 saturated carbocycles. The van der Waals surface area contributed by atoms with Gasteiger partial charge in [0.2, 0.25) is 0 Å². The fraction of sp³-hybridized carbons (Fsp3) is 0.682. The third kappa shape index (κ3) is 7.72. The Balaban J connectivity index is 1.47. The van der Waals surface area contributed by atoms with Gasteiger partial charge < -0.3 is 20.1 Å². The van der Waals surface area contributed by atoms with E-state index >= 15 is 0 Å². The molecule has 0 bridgehead atoms. The predicted molar refractivity (Wildman–Crippen MR) is 122 cm³/mol. The summed E-state index contributed by atoms with van der Waals surface area (Å²) in [5.41, 5.74) is 1.16. The van der Waals surface area contributed by atoms with E-state index in [1.165, 1.54) is 18.6 Å². The van der Waals surface area contributed by atoms with Gasteiger partial charge in [0, 0.05) is 37.5 Å². The Morgan fingerprint density at radius 2 is 2.17 bits per heavy atom. The van der Waals surface area contributed by atoms with E-state index in [9.17, 15) is 0 Å². The highest BCUT2D eigenvalue weighted by Crippen LogP contribution is 2.36. The molecule has 1 atom stereocenters. The Morgan fingerprint density at radius 3 is 2.93 bits per heavy atom. The van der Waals surface area contributed by atoms with Crippen molar-refractivity contribution < 1.29 is 9.47 Å². The zero-order valence-electron chi connectivity index (χ0n) is 17.9. The minimum atomic E-state index is 0.324. The van der Waals surface area contributed by atoms with Crippen molar-refractivity contribution in [2.75, 3.05) is 58.3 Å². The molecule has 0 aromatic heterocycles. The van der Waals surface area contributed by atoms with Crippen molar-refractivity contribution in [1.82, 2.24) is 15.5 Å². The molecule has 2 aliphatic heterocycles. The Labute approximate surface area is 179 Å². The lowest BCUT2D eigenvalue weighted by atomic mass is 10.1. The maximum atomic E-state index is 5.97. The second-order valence-corrected chi connectivity index (χ2v) is 9.58. The number of aliphatic imine (C=N–C) groups is 1. The first-order chi connectivity index (χ1) is 14.2. The molecule has 0 amide bonds. The molecule has 2 fully saturated rings. The first-order valence-electron chi connectivity index (χ1n) is 10.8. The molecule has 2 saturated heterocycles. The van der Waals surface area contributed by atoms with Crippen molar-refractivity contribution in [2.24, 2.45) is 4.99 Å². The molecule has 2 heterocycles. The average molecular weight is 421 g/mol. The van der Waals surface area contributed by atoms with Crippen LogP contribution in [0.4, 0.5) is 0 Å². The van der Waals surface area contributed by atoms with Crippen LogP contribution in [-0.4, -0.2) is 73.9 Å². The summed E-state index contributed by atoms with van der Waals surface area (Å²) in [5, 5.41) is 6.89. The van der Waals surface area contributed by atoms with Gasteiger partial charge >= 0.3 is 0 Å². The molecule has 0 aliphatic carbocycles. The summed E-state index contributed by atoms with van der Waals surface area (Å²) in [6.07, 6.45) is 2.59. The van der Waals surface area contributed by atoms with E-state index in [0.717, 1.165) is 63.2 Å². The number of benzene rings is 1. The smallest absolute Gasteiger partial charge is 0.191 e. The molecule has 7 heteroatoms. The van der Waals surface area contributed by atoms with E-state index in [0.29, 0.717) is 17.9 Å². The Bertz CT molecular complexity index is 643. The lowest BCUT2D eigenvalue weighted by molar-refractivity contribution is 0.0322. The standard InChI is InChI=1S/C22H36N4O2S/c1-3-23-21(25-18-22(2)8-5-15-29-22)24-17-19-6-4-7-20(16-19)28-14-11-26-9-12-27-13-10-26/h4,6-7,16H,3,5,8-15,17-18H2,1-2H3,(H2,23,24,25). The monoisotopic (exact) mass is 420 g/mol. The molecule has 1 unspecified atom stereocenters. The minimum absolute atomic E-state index is 0.324. The van der Waals surface area contributed by atoms with Gasteiger partial charge in [-0.25, -0.2) is 4.99 Å². The number of guanidine groups is 1. The van der Waals surface area contributed by atoms with E-state index in [-0.39, 0.29) is 0 Å². The number of morpholine rings is 1. The van der Waals surface area contributed by atoms with Crippen LogP contribution in [0.2, 0.25) is 0 Å². The molecule has 2 aliphatic rings. The number of thioether (sulfide) groups is 1. The molecule has 6 nitrogen and oxygen atoms in total. The van der Waals surface area contributed by atoms with Crippen molar-refractivity contribution in [3.05, 3.63) is 29.8 Å². The number of rotatable bonds is 9. The summed E-state index contributed by atoms with van der Waals surface area (Å²) in [5.74, 6) is 3.07. The molecule has 1 aromatic carbocycles. The van der Waals surface area contributed by atoms with Gasteiger partial charge in [-0.2, -0.15) is 11.8 Å². The highest BCUT2D eigenvalue weighted by molar-refractivity contribution is 8.00. The van der Waals surface area contributed by atoms with E-state index in [1.807, 2.05) is 12.1 Å². The van der Waals surface area contributed by atoms with Crippen molar-refractivity contribution in [2.45, 2.75) is 38.0 Å². The summed E-state index contributed by atoms with van der Waals surface area (Å²) in [4.78, 5) is 7.16. The van der Waals surface area contributed by atoms with Crippen LogP contribution in [-0.2, 0) is 11.3 Å². The molecule has 29 heavy (non-hydrogen) atoms. The molecule has 2 N–H and O–H groups in total. The van der Waals surface area contributed by atoms with E-state index in [4.69, 9.17) is 14.5 Å². The second-order valence-electron chi connectivity index (χ2n) is 7.90. The van der Waals surface area contributed by atoms with Crippen molar-refractivity contribution in [3.8, 4) is 5.75 Å². The van der Waals surface area contributed by atoms with Crippen LogP contribution in [0.3, 0.4) is 0 Å². The predicted octanol–water partition coefficient (Wildman–Crippen LogP) is 2.74. The van der Waals surface area contributed by atoms with Crippen molar-refractivity contribution >= 4 is 17.7 Å². The summed E-state index contributed by atoms with van der Waals surface area (Å²) in [6, 6.07) is 8.27. The van der Waals surface area contributed by atoms with Crippen LogP contribution < -0.4 is 15.4 Å². The van der Waals surface area contributed by atoms with E-state index < -0.39 is 0 Å². The van der Waals surface area contributed by atoms with E-state index in [2.05, 4.69) is 53.3 Å². The molecule has 0 radical (unpaired) electrons. The van der Waals surface area contributed by atoms with Gasteiger partial charge in [0.25, 0.3) is 0 Å². The second kappa shape index (κ2) is 11.7. The topological polar surface area (TPSA) is 58.1 Å². The van der Waals surface area contributed by atoms with Crippen LogP contribution in [0.15, 0.2) is 29.3 Å². The zero-order valence-corrected chi connectivity index (χ0v) is 18.7. The first-order valence-corrected chi connectivity index (χ1v) is 11.8. The molecular formula is C22H36N4O2S. The zero-order chi connectivity index (χ0) is 20.4. The van der Waals surface area contributed by atoms with Gasteiger partial charge in [0.15, 0.2) is 5.96 Å². The summed E-state index contributed by atoms with van der Waals surface area (Å²) in [6.45, 7) is 12.2. The van der Waals surface area contributed by atoms with Crippen LogP contribution in [0.1, 0.15) is 32.3 Å². The quantitative estimate of drug-likeness (QED) is 0.473. The van der Waals surface area contributed by atoms with Crippen molar-refractivity contribution in [3.63, 3.8) is 0 Å². The summed E-state index contributed by atoms with van der Waals surface area (Å²) >= 11 is 2.07. The average Bonchev–Trinajstić information content (AvgIpc) is 3.18. The van der Waals surface area contributed by atoms with Gasteiger partial charge in [-0.05, 0) is 50.1 Å². The van der Waals surface area contributed by atoms with Gasteiger partial charge in [0.05, 0.1) is 19.8 Å². The van der Waals surface area contributed by atoms with Crippen LogP contribution in [0.25, 0.3) is 0 Å². The molecule has 162 valence electrons. The highest BCUT2D eigenvalue weighted by Gasteiger charge is 2.29. The van der Waals surface area contributed by atoms with Crippen LogP contribution >= 0.6 is 11.8 Å². The first kappa shape index (κ1) is 22.2. The van der Waals surface area contributed by atoms with Gasteiger partial charge in [-0.1, -0.05) is 12.1 Å². The summed E-state index contributed by atoms with van der Waals surface area (Å²) in [7, 11) is 0. The van der Waals surface area contributed by atoms with Gasteiger partial charge in [-0.15, -0.1) is 0 Å². The Morgan fingerprint density at radius 1 is 1.31 bits per heavy atom. The third-order valence-electron chi connectivity index (χ3n) is 5.37. The number of hydrogen-bond donors (Lipinski definition) is 2. The molecule has 3 rings (SSSR count). The summed E-state index contributed by atoms with van der Waals surface area (Å²) < 4.78 is 11.7. The lowest BCUT2D eigenvalue weighted by Crippen LogP contribution is -2.43. The fourth-order valence-corrected chi connectivity index (χ4v) is 4.85. The maximum Gasteiger partial charge on any atom is 0.191 e. The Kier molecular flexibility index (Phi) is 8.95. The minimum Gasteiger partial charge on any atom is -0.492 e.